The first-order valence-corrected chi connectivity index (χ1v) is 9.11. The van der Waals surface area contributed by atoms with Gasteiger partial charge in [-0.2, -0.15) is 0 Å². The van der Waals surface area contributed by atoms with E-state index in [1.807, 2.05) is 0 Å². The van der Waals surface area contributed by atoms with Gasteiger partial charge in [-0.25, -0.2) is 13.2 Å². The molecule has 0 saturated heterocycles. The van der Waals surface area contributed by atoms with E-state index in [-0.39, 0.29) is 24.6 Å². The number of hydrogen-bond donors (Lipinski definition) is 3. The van der Waals surface area contributed by atoms with Gasteiger partial charge in [0.05, 0.1) is 6.04 Å². The zero-order valence-corrected chi connectivity index (χ0v) is 15.2. The third kappa shape index (κ3) is 6.21. The molecular weight excluding hydrogens is 343 g/mol. The highest BCUT2D eigenvalue weighted by molar-refractivity contribution is 5.18. The van der Waals surface area contributed by atoms with E-state index in [9.17, 15) is 13.2 Å². The summed E-state index contributed by atoms with van der Waals surface area (Å²) < 4.78 is 47.2. The minimum Gasteiger partial charge on any atom is -0.472 e. The zero-order chi connectivity index (χ0) is 18.9. The smallest absolute Gasteiger partial charge is 0.221 e. The summed E-state index contributed by atoms with van der Waals surface area (Å²) in [7, 11) is 1.67. The molecule has 1 aliphatic carbocycles. The van der Waals surface area contributed by atoms with Crippen molar-refractivity contribution in [3.8, 4) is 0 Å². The van der Waals surface area contributed by atoms with Crippen molar-refractivity contribution in [2.24, 2.45) is 11.7 Å². The number of nitrogens with two attached hydrogens (primary N) is 1. The van der Waals surface area contributed by atoms with E-state index < -0.39 is 23.5 Å². The van der Waals surface area contributed by atoms with Gasteiger partial charge in [0.25, 0.3) is 0 Å². The van der Waals surface area contributed by atoms with E-state index in [0.29, 0.717) is 12.5 Å². The van der Waals surface area contributed by atoms with Gasteiger partial charge in [0.2, 0.25) is 5.88 Å². The summed E-state index contributed by atoms with van der Waals surface area (Å²) in [5.41, 5.74) is 5.84. The lowest BCUT2D eigenvalue weighted by molar-refractivity contribution is 0.155. The molecule has 1 fully saturated rings. The summed E-state index contributed by atoms with van der Waals surface area (Å²) in [5, 5.41) is 5.80. The second-order valence-electron chi connectivity index (χ2n) is 6.75. The molecule has 0 spiro atoms. The van der Waals surface area contributed by atoms with Gasteiger partial charge in [-0.3, -0.25) is 0 Å². The number of ether oxygens (including phenoxy) is 1. The fourth-order valence-electron chi connectivity index (χ4n) is 3.11. The molecule has 0 bridgehead atoms. The summed E-state index contributed by atoms with van der Waals surface area (Å²) in [4.78, 5) is 0. The first-order chi connectivity index (χ1) is 12.5. The standard InChI is InChI=1S/C19H28F3N3O/c1-24-11-17(23)18(22)19(25-10-13-5-3-2-4-6-13)26-12-14-9-15(20)7-8-16(14)21/h7-9,13,17,24-25H,2-6,10-12,23H2,1H3/b19-18-. The lowest BCUT2D eigenvalue weighted by atomic mass is 9.89. The van der Waals surface area contributed by atoms with Crippen LogP contribution in [0.15, 0.2) is 29.9 Å². The Morgan fingerprint density at radius 3 is 2.69 bits per heavy atom. The largest absolute Gasteiger partial charge is 0.472 e. The third-order valence-electron chi connectivity index (χ3n) is 4.62. The highest BCUT2D eigenvalue weighted by Crippen LogP contribution is 2.23. The van der Waals surface area contributed by atoms with Gasteiger partial charge in [0.1, 0.15) is 18.2 Å². The zero-order valence-electron chi connectivity index (χ0n) is 15.2. The molecule has 0 radical (unpaired) electrons. The minimum atomic E-state index is -0.883. The number of likely N-dealkylation sites (N-methyl/N-ethyl adjacent to an activating group) is 1. The van der Waals surface area contributed by atoms with Crippen molar-refractivity contribution in [1.82, 2.24) is 10.6 Å². The number of nitrogens with one attached hydrogen (secondary N) is 2. The van der Waals surface area contributed by atoms with Crippen LogP contribution in [-0.2, 0) is 11.3 Å². The lowest BCUT2D eigenvalue weighted by Gasteiger charge is -2.24. The van der Waals surface area contributed by atoms with Gasteiger partial charge in [-0.05, 0) is 44.0 Å². The summed E-state index contributed by atoms with van der Waals surface area (Å²) in [6, 6.07) is 2.21. The van der Waals surface area contributed by atoms with Gasteiger partial charge in [-0.15, -0.1) is 0 Å². The second kappa shape index (κ2) is 10.4. The molecule has 7 heteroatoms. The van der Waals surface area contributed by atoms with Crippen molar-refractivity contribution in [2.45, 2.75) is 44.8 Å². The van der Waals surface area contributed by atoms with Crippen LogP contribution in [0.1, 0.15) is 37.7 Å². The lowest BCUT2D eigenvalue weighted by Crippen LogP contribution is -2.36. The molecule has 4 N–H and O–H groups in total. The average molecular weight is 371 g/mol. The maximum absolute atomic E-state index is 14.6. The summed E-state index contributed by atoms with van der Waals surface area (Å²) in [5.74, 6) is -1.45. The molecule has 1 aromatic rings. The van der Waals surface area contributed by atoms with E-state index in [2.05, 4.69) is 10.6 Å². The number of hydrogen-bond acceptors (Lipinski definition) is 4. The molecule has 1 atom stereocenters. The van der Waals surface area contributed by atoms with Crippen LogP contribution in [0.3, 0.4) is 0 Å². The Labute approximate surface area is 153 Å². The normalized spacial score (nSPS) is 17.6. The molecule has 146 valence electrons. The molecule has 1 unspecified atom stereocenters. The summed E-state index contributed by atoms with van der Waals surface area (Å²) >= 11 is 0. The van der Waals surface area contributed by atoms with Crippen LogP contribution in [0.25, 0.3) is 0 Å². The molecule has 0 heterocycles. The predicted molar refractivity (Wildman–Crippen MR) is 95.8 cm³/mol. The minimum absolute atomic E-state index is 0.0250. The van der Waals surface area contributed by atoms with Gasteiger partial charge < -0.3 is 21.1 Å². The molecule has 2 rings (SSSR count). The van der Waals surface area contributed by atoms with Crippen LogP contribution in [0, 0.1) is 17.6 Å². The van der Waals surface area contributed by atoms with Crippen molar-refractivity contribution < 1.29 is 17.9 Å². The van der Waals surface area contributed by atoms with E-state index >= 15 is 0 Å². The average Bonchev–Trinajstić information content (AvgIpc) is 2.65. The Kier molecular flexibility index (Phi) is 8.25. The first kappa shape index (κ1) is 20.6. The van der Waals surface area contributed by atoms with Gasteiger partial charge in [0, 0.05) is 18.7 Å². The van der Waals surface area contributed by atoms with Crippen molar-refractivity contribution in [2.75, 3.05) is 20.1 Å². The van der Waals surface area contributed by atoms with Gasteiger partial charge in [0.15, 0.2) is 5.83 Å². The first-order valence-electron chi connectivity index (χ1n) is 9.11. The molecule has 1 aromatic carbocycles. The van der Waals surface area contributed by atoms with Crippen molar-refractivity contribution in [1.29, 1.82) is 0 Å². The van der Waals surface area contributed by atoms with Crippen LogP contribution >= 0.6 is 0 Å². The topological polar surface area (TPSA) is 59.3 Å². The maximum atomic E-state index is 14.6. The molecular formula is C19H28F3N3O. The molecule has 0 amide bonds. The van der Waals surface area contributed by atoms with Gasteiger partial charge >= 0.3 is 0 Å². The Bertz CT molecular complexity index is 604. The number of rotatable bonds is 9. The molecule has 1 aliphatic rings. The Morgan fingerprint density at radius 1 is 1.27 bits per heavy atom. The van der Waals surface area contributed by atoms with Crippen LogP contribution < -0.4 is 16.4 Å². The molecule has 1 saturated carbocycles. The van der Waals surface area contributed by atoms with E-state index in [0.717, 1.165) is 31.0 Å². The third-order valence-corrected chi connectivity index (χ3v) is 4.62. The van der Waals surface area contributed by atoms with Crippen molar-refractivity contribution >= 4 is 0 Å². The Balaban J connectivity index is 2.06. The molecule has 26 heavy (non-hydrogen) atoms. The molecule has 4 nitrogen and oxygen atoms in total. The highest BCUT2D eigenvalue weighted by Gasteiger charge is 2.19. The molecule has 0 aromatic heterocycles. The molecule has 0 aliphatic heterocycles. The Morgan fingerprint density at radius 2 is 2.00 bits per heavy atom. The summed E-state index contributed by atoms with van der Waals surface area (Å²) in [6.45, 7) is 0.523. The SMILES string of the molecule is CNCC(N)/C(F)=C(\NCC1CCCCC1)OCc1cc(F)ccc1F. The Hall–Kier alpha value is -1.73. The van der Waals surface area contributed by atoms with Crippen molar-refractivity contribution in [3.05, 3.63) is 47.1 Å². The number of benzene rings is 1. The van der Waals surface area contributed by atoms with Gasteiger partial charge in [-0.1, -0.05) is 19.3 Å². The number of halogens is 3. The fraction of sp³-hybridized carbons (Fsp3) is 0.579. The monoisotopic (exact) mass is 371 g/mol. The van der Waals surface area contributed by atoms with Crippen molar-refractivity contribution in [3.63, 3.8) is 0 Å². The van der Waals surface area contributed by atoms with E-state index in [1.165, 1.54) is 19.3 Å². The summed E-state index contributed by atoms with van der Waals surface area (Å²) in [6.07, 6.45) is 5.74. The fourth-order valence-corrected chi connectivity index (χ4v) is 3.11. The van der Waals surface area contributed by atoms with E-state index in [4.69, 9.17) is 10.5 Å². The predicted octanol–water partition coefficient (Wildman–Crippen LogP) is 3.34. The van der Waals surface area contributed by atoms with Crippen LogP contribution in [-0.4, -0.2) is 26.2 Å². The van der Waals surface area contributed by atoms with Crippen LogP contribution in [0.2, 0.25) is 0 Å². The highest BCUT2D eigenvalue weighted by atomic mass is 19.1. The van der Waals surface area contributed by atoms with E-state index in [1.54, 1.807) is 7.05 Å². The van der Waals surface area contributed by atoms with Crippen LogP contribution in [0.4, 0.5) is 13.2 Å². The maximum Gasteiger partial charge on any atom is 0.221 e. The second-order valence-corrected chi connectivity index (χ2v) is 6.75. The van der Waals surface area contributed by atoms with Crippen LogP contribution in [0.5, 0.6) is 0 Å². The quantitative estimate of drug-likeness (QED) is 0.583.